The number of nitrogens with zero attached hydrogens (tertiary/aromatic N) is 1. The number of hydrogen-bond acceptors (Lipinski definition) is 3. The van der Waals surface area contributed by atoms with Gasteiger partial charge in [0, 0.05) is 0 Å². The molecule has 2 amide bonds. The molecule has 0 fully saturated rings. The molecule has 0 aliphatic carbocycles. The number of amides is 2. The summed E-state index contributed by atoms with van der Waals surface area (Å²) in [7, 11) is 1.62. The standard InChI is InChI=1S/C14H16N2O3/c1-9(16(18)14(15)17)10-3-4-12-8-13(19-2)6-5-11(12)7-10/h3-9,18H,1-2H3,(H2,15,17)/t9-/m0/s1. The van der Waals surface area contributed by atoms with Gasteiger partial charge in [-0.3, -0.25) is 5.21 Å². The highest BCUT2D eigenvalue weighted by Crippen LogP contribution is 2.26. The summed E-state index contributed by atoms with van der Waals surface area (Å²) in [6, 6.07) is 10.0. The number of urea groups is 1. The second-order valence-electron chi connectivity index (χ2n) is 4.33. The maximum absolute atomic E-state index is 10.9. The monoisotopic (exact) mass is 260 g/mol. The number of carbonyl (C=O) groups is 1. The number of primary amides is 1. The number of benzene rings is 2. The highest BCUT2D eigenvalue weighted by Gasteiger charge is 2.17. The molecule has 0 bridgehead atoms. The van der Waals surface area contributed by atoms with Crippen LogP contribution >= 0.6 is 0 Å². The molecule has 2 aromatic rings. The Bertz CT molecular complexity index is 613. The van der Waals surface area contributed by atoms with Crippen molar-refractivity contribution in [1.29, 1.82) is 0 Å². The lowest BCUT2D eigenvalue weighted by molar-refractivity contribution is -0.0709. The zero-order valence-corrected chi connectivity index (χ0v) is 10.8. The van der Waals surface area contributed by atoms with Gasteiger partial charge in [-0.05, 0) is 41.5 Å². The molecule has 0 unspecified atom stereocenters. The average molecular weight is 260 g/mol. The molecule has 0 saturated heterocycles. The van der Waals surface area contributed by atoms with Crippen molar-refractivity contribution in [1.82, 2.24) is 5.06 Å². The Morgan fingerprint density at radius 3 is 2.53 bits per heavy atom. The van der Waals surface area contributed by atoms with Crippen molar-refractivity contribution in [3.05, 3.63) is 42.0 Å². The third kappa shape index (κ3) is 2.61. The molecule has 2 aromatic carbocycles. The number of hydrogen-bond donors (Lipinski definition) is 2. The third-order valence-electron chi connectivity index (χ3n) is 3.15. The normalized spacial score (nSPS) is 12.2. The molecule has 0 aromatic heterocycles. The van der Waals surface area contributed by atoms with Gasteiger partial charge in [-0.2, -0.15) is 5.06 Å². The van der Waals surface area contributed by atoms with E-state index in [2.05, 4.69) is 0 Å². The quantitative estimate of drug-likeness (QED) is 0.658. The van der Waals surface area contributed by atoms with Crippen molar-refractivity contribution >= 4 is 16.8 Å². The summed E-state index contributed by atoms with van der Waals surface area (Å²) in [5, 5.41) is 12.1. The minimum Gasteiger partial charge on any atom is -0.497 e. The van der Waals surface area contributed by atoms with Crippen molar-refractivity contribution in [2.24, 2.45) is 5.73 Å². The van der Waals surface area contributed by atoms with Gasteiger partial charge in [0.05, 0.1) is 13.2 Å². The molecule has 3 N–H and O–H groups in total. The number of carbonyl (C=O) groups excluding carboxylic acids is 1. The Kier molecular flexibility index (Phi) is 3.57. The second kappa shape index (κ2) is 5.16. The van der Waals surface area contributed by atoms with Crippen LogP contribution in [0.2, 0.25) is 0 Å². The lowest BCUT2D eigenvalue weighted by atomic mass is 10.0. The molecule has 5 heteroatoms. The van der Waals surface area contributed by atoms with Crippen LogP contribution in [-0.4, -0.2) is 23.4 Å². The molecule has 2 rings (SSSR count). The van der Waals surface area contributed by atoms with Crippen molar-refractivity contribution in [2.75, 3.05) is 7.11 Å². The van der Waals surface area contributed by atoms with Crippen LogP contribution < -0.4 is 10.5 Å². The predicted molar refractivity (Wildman–Crippen MR) is 72.1 cm³/mol. The Morgan fingerprint density at radius 1 is 1.26 bits per heavy atom. The zero-order valence-electron chi connectivity index (χ0n) is 10.8. The second-order valence-corrected chi connectivity index (χ2v) is 4.33. The maximum Gasteiger partial charge on any atom is 0.339 e. The van der Waals surface area contributed by atoms with Crippen LogP contribution in [0.4, 0.5) is 4.79 Å². The van der Waals surface area contributed by atoms with Crippen LogP contribution in [0.15, 0.2) is 36.4 Å². The van der Waals surface area contributed by atoms with Crippen molar-refractivity contribution in [3.8, 4) is 5.75 Å². The van der Waals surface area contributed by atoms with Crippen molar-refractivity contribution in [2.45, 2.75) is 13.0 Å². The first-order valence-corrected chi connectivity index (χ1v) is 5.88. The topological polar surface area (TPSA) is 75.8 Å². The Hall–Kier alpha value is -2.27. The summed E-state index contributed by atoms with van der Waals surface area (Å²) in [4.78, 5) is 10.9. The zero-order chi connectivity index (χ0) is 14.0. The Balaban J connectivity index is 2.39. The van der Waals surface area contributed by atoms with Gasteiger partial charge in [0.25, 0.3) is 0 Å². The van der Waals surface area contributed by atoms with Gasteiger partial charge >= 0.3 is 6.03 Å². The van der Waals surface area contributed by atoms with Crippen molar-refractivity contribution in [3.63, 3.8) is 0 Å². The van der Waals surface area contributed by atoms with E-state index in [1.54, 1.807) is 14.0 Å². The largest absolute Gasteiger partial charge is 0.497 e. The summed E-state index contributed by atoms with van der Waals surface area (Å²) < 4.78 is 5.16. The van der Waals surface area contributed by atoms with E-state index in [-0.39, 0.29) is 0 Å². The molecule has 0 spiro atoms. The fourth-order valence-corrected chi connectivity index (χ4v) is 1.96. The predicted octanol–water partition coefficient (Wildman–Crippen LogP) is 2.68. The van der Waals surface area contributed by atoms with E-state index in [9.17, 15) is 10.0 Å². The van der Waals surface area contributed by atoms with Gasteiger partial charge in [0.2, 0.25) is 0 Å². The molecule has 1 atom stereocenters. The molecule has 19 heavy (non-hydrogen) atoms. The van der Waals surface area contributed by atoms with Gasteiger partial charge in [0.15, 0.2) is 0 Å². The number of rotatable bonds is 3. The summed E-state index contributed by atoms with van der Waals surface area (Å²) in [5.74, 6) is 0.786. The summed E-state index contributed by atoms with van der Waals surface area (Å²) >= 11 is 0. The van der Waals surface area contributed by atoms with Crippen LogP contribution in [-0.2, 0) is 0 Å². The number of hydroxylamine groups is 2. The third-order valence-corrected chi connectivity index (χ3v) is 3.15. The molecule has 5 nitrogen and oxygen atoms in total. The van der Waals surface area contributed by atoms with Gasteiger partial charge in [-0.1, -0.05) is 18.2 Å². The highest BCUT2D eigenvalue weighted by atomic mass is 16.5. The van der Waals surface area contributed by atoms with Gasteiger partial charge in [-0.15, -0.1) is 0 Å². The number of fused-ring (bicyclic) bond motifs is 1. The summed E-state index contributed by atoms with van der Waals surface area (Å²) in [6.45, 7) is 1.70. The lowest BCUT2D eigenvalue weighted by Crippen LogP contribution is -2.34. The van der Waals surface area contributed by atoms with Crippen LogP contribution in [0, 0.1) is 0 Å². The minimum atomic E-state index is -0.873. The van der Waals surface area contributed by atoms with Crippen LogP contribution in [0.5, 0.6) is 5.75 Å². The van der Waals surface area contributed by atoms with E-state index in [1.165, 1.54) is 0 Å². The first-order valence-electron chi connectivity index (χ1n) is 5.88. The van der Waals surface area contributed by atoms with E-state index in [0.717, 1.165) is 22.1 Å². The molecule has 0 aliphatic rings. The molecule has 0 heterocycles. The first-order chi connectivity index (χ1) is 9.02. The fraction of sp³-hybridized carbons (Fsp3) is 0.214. The molecular formula is C14H16N2O3. The average Bonchev–Trinajstić information content (AvgIpc) is 2.44. The number of ether oxygens (including phenoxy) is 1. The number of nitrogens with two attached hydrogens (primary N) is 1. The van der Waals surface area contributed by atoms with Crippen LogP contribution in [0.1, 0.15) is 18.5 Å². The SMILES string of the molecule is COc1ccc2cc([C@H](C)N(O)C(N)=O)ccc2c1. The Morgan fingerprint density at radius 2 is 1.89 bits per heavy atom. The van der Waals surface area contributed by atoms with E-state index in [0.29, 0.717) is 5.06 Å². The smallest absolute Gasteiger partial charge is 0.339 e. The van der Waals surface area contributed by atoms with Gasteiger partial charge < -0.3 is 10.5 Å². The van der Waals surface area contributed by atoms with Crippen molar-refractivity contribution < 1.29 is 14.7 Å². The fourth-order valence-electron chi connectivity index (χ4n) is 1.96. The highest BCUT2D eigenvalue weighted by molar-refractivity contribution is 5.84. The van der Waals surface area contributed by atoms with Gasteiger partial charge in [0.1, 0.15) is 5.75 Å². The molecular weight excluding hydrogens is 244 g/mol. The lowest BCUT2D eigenvalue weighted by Gasteiger charge is -2.21. The number of methoxy groups -OCH3 is 1. The van der Waals surface area contributed by atoms with E-state index < -0.39 is 12.1 Å². The molecule has 0 saturated carbocycles. The molecule has 100 valence electrons. The Labute approximate surface area is 111 Å². The van der Waals surface area contributed by atoms with E-state index in [1.807, 2.05) is 36.4 Å². The van der Waals surface area contributed by atoms with Crippen LogP contribution in [0.3, 0.4) is 0 Å². The van der Waals surface area contributed by atoms with E-state index >= 15 is 0 Å². The first kappa shape index (κ1) is 13.2. The summed E-state index contributed by atoms with van der Waals surface area (Å²) in [5.41, 5.74) is 5.85. The molecule has 0 radical (unpaired) electrons. The van der Waals surface area contributed by atoms with Gasteiger partial charge in [-0.25, -0.2) is 4.79 Å². The van der Waals surface area contributed by atoms with Crippen LogP contribution in [0.25, 0.3) is 10.8 Å². The molecule has 0 aliphatic heterocycles. The van der Waals surface area contributed by atoms with E-state index in [4.69, 9.17) is 10.5 Å². The maximum atomic E-state index is 10.9. The summed E-state index contributed by atoms with van der Waals surface area (Å²) in [6.07, 6.45) is 0. The minimum absolute atomic E-state index is 0.496.